The summed E-state index contributed by atoms with van der Waals surface area (Å²) >= 11 is 0. The number of aromatic nitrogens is 6. The van der Waals surface area contributed by atoms with Crippen LogP contribution in [0.1, 0.15) is 47.9 Å². The zero-order valence-corrected chi connectivity index (χ0v) is 23.1. The van der Waals surface area contributed by atoms with Gasteiger partial charge in [0.25, 0.3) is 0 Å². The Morgan fingerprint density at radius 3 is 2.17 bits per heavy atom. The third-order valence-corrected chi connectivity index (χ3v) is 7.55. The molecular weight excluding hydrogens is 509 g/mol. The van der Waals surface area contributed by atoms with Crippen molar-refractivity contribution in [1.82, 2.24) is 34.3 Å². The van der Waals surface area contributed by atoms with E-state index < -0.39 is 6.97 Å². The largest absolute Gasteiger partial charge is 0.737 e. The number of rotatable bonds is 8. The molecule has 0 fully saturated rings. The average Bonchev–Trinajstić information content (AvgIpc) is 3.58. The lowest BCUT2D eigenvalue weighted by Crippen LogP contribution is -2.51. The van der Waals surface area contributed by atoms with Gasteiger partial charge in [0.2, 0.25) is 0 Å². The normalized spacial score (nSPS) is 16.0. The molecule has 0 saturated carbocycles. The van der Waals surface area contributed by atoms with Crippen LogP contribution in [0.15, 0.2) is 78.4 Å². The van der Waals surface area contributed by atoms with Crippen molar-refractivity contribution in [2.75, 3.05) is 0 Å². The molecule has 0 spiro atoms. The topological polar surface area (TPSA) is 67.7 Å². The highest BCUT2D eigenvalue weighted by atomic mass is 19.2. The molecule has 2 aliphatic rings. The summed E-state index contributed by atoms with van der Waals surface area (Å²) in [7, 11) is 0. The molecule has 0 N–H and O–H groups in total. The van der Waals surface area contributed by atoms with E-state index in [-0.39, 0.29) is 0 Å². The lowest BCUT2D eigenvalue weighted by molar-refractivity contribution is -0.363. The molecule has 4 aromatic heterocycles. The average molecular weight is 540 g/mol. The Hall–Kier alpha value is -4.25. The van der Waals surface area contributed by atoms with Gasteiger partial charge in [-0.2, -0.15) is 0 Å². The Morgan fingerprint density at radius 2 is 1.55 bits per heavy atom. The zero-order chi connectivity index (χ0) is 28.0. The van der Waals surface area contributed by atoms with Crippen LogP contribution in [0.4, 0.5) is 8.63 Å². The summed E-state index contributed by atoms with van der Waals surface area (Å²) < 4.78 is 35.9. The van der Waals surface area contributed by atoms with Crippen LogP contribution < -0.4 is 0 Å². The van der Waals surface area contributed by atoms with Gasteiger partial charge in [-0.3, -0.25) is 14.9 Å². The molecular formula is C29H31BF2N8. The highest BCUT2D eigenvalue weighted by Gasteiger charge is 2.55. The van der Waals surface area contributed by atoms with Crippen LogP contribution >= 0.6 is 0 Å². The smallest absolute Gasteiger partial charge is 0.393 e. The summed E-state index contributed by atoms with van der Waals surface area (Å²) in [6.45, 7) is 5.38. The first-order chi connectivity index (χ1) is 19.2. The van der Waals surface area contributed by atoms with Crippen LogP contribution in [0.3, 0.4) is 0 Å². The van der Waals surface area contributed by atoms with Gasteiger partial charge in [-0.15, -0.1) is 5.10 Å². The van der Waals surface area contributed by atoms with Crippen LogP contribution in [0.2, 0.25) is 0 Å². The van der Waals surface area contributed by atoms with Crippen LogP contribution in [0, 0.1) is 13.8 Å². The fraction of sp³-hybridized carbons (Fsp3) is 0.276. The first-order valence-electron chi connectivity index (χ1n) is 13.4. The first kappa shape index (κ1) is 26.0. The summed E-state index contributed by atoms with van der Waals surface area (Å²) in [5, 5.41) is 8.88. The lowest BCUT2D eigenvalue weighted by Gasteiger charge is -2.33. The van der Waals surface area contributed by atoms with Gasteiger partial charge in [0.1, 0.15) is 5.71 Å². The zero-order valence-electron chi connectivity index (χ0n) is 23.1. The number of halogens is 2. The van der Waals surface area contributed by atoms with Gasteiger partial charge >= 0.3 is 6.97 Å². The number of allylic oxidation sites excluding steroid dienone is 3. The molecule has 8 nitrogen and oxygen atoms in total. The fourth-order valence-electron chi connectivity index (χ4n) is 6.07. The number of pyridine rings is 2. The maximum Gasteiger partial charge on any atom is 0.737 e. The first-order valence-corrected chi connectivity index (χ1v) is 13.4. The summed E-state index contributed by atoms with van der Waals surface area (Å²) in [5.74, 6) is 0. The molecule has 0 atom stereocenters. The van der Waals surface area contributed by atoms with E-state index in [9.17, 15) is 0 Å². The van der Waals surface area contributed by atoms with Crippen molar-refractivity contribution < 1.29 is 13.1 Å². The van der Waals surface area contributed by atoms with E-state index in [1.165, 1.54) is 8.96 Å². The third kappa shape index (κ3) is 4.60. The molecule has 0 bridgehead atoms. The van der Waals surface area contributed by atoms with Gasteiger partial charge in [0, 0.05) is 56.3 Å². The maximum atomic E-state index is 15.9. The van der Waals surface area contributed by atoms with Gasteiger partial charge < -0.3 is 17.6 Å². The van der Waals surface area contributed by atoms with E-state index in [4.69, 9.17) is 0 Å². The highest BCUT2D eigenvalue weighted by molar-refractivity contribution is 6.58. The van der Waals surface area contributed by atoms with Crippen molar-refractivity contribution in [3.05, 3.63) is 112 Å². The van der Waals surface area contributed by atoms with Crippen LogP contribution in [-0.2, 0) is 26.2 Å². The maximum absolute atomic E-state index is 15.9. The minimum Gasteiger partial charge on any atom is -0.393 e. The van der Waals surface area contributed by atoms with Crippen molar-refractivity contribution in [2.24, 2.45) is 0 Å². The van der Waals surface area contributed by atoms with E-state index >= 15 is 8.63 Å². The van der Waals surface area contributed by atoms with Crippen molar-refractivity contribution in [3.8, 4) is 0 Å². The predicted molar refractivity (Wildman–Crippen MR) is 150 cm³/mol. The SMILES string of the molecule is CC1=CC(C)=[N+]2C1=C(Cn1cc(CN(Cc3ccccn3)Cc3ccccn3)nn1)c1c(C)cc(C)n1[B-]2(F)F. The number of hydrogen-bond donors (Lipinski definition) is 0. The molecule has 40 heavy (non-hydrogen) atoms. The van der Waals surface area contributed by atoms with E-state index in [2.05, 4.69) is 25.2 Å². The van der Waals surface area contributed by atoms with Crippen LogP contribution in [-0.4, -0.2) is 51.5 Å². The molecule has 2 aliphatic heterocycles. The van der Waals surface area contributed by atoms with E-state index in [0.29, 0.717) is 49.0 Å². The molecule has 204 valence electrons. The van der Waals surface area contributed by atoms with Gasteiger partial charge in [-0.05, 0) is 62.4 Å². The molecule has 6 heterocycles. The molecule has 0 saturated heterocycles. The number of hydrogen-bond acceptors (Lipinski definition) is 5. The van der Waals surface area contributed by atoms with Crippen molar-refractivity contribution in [1.29, 1.82) is 0 Å². The Bertz CT molecular complexity index is 1630. The second-order valence-electron chi connectivity index (χ2n) is 10.6. The molecule has 0 unspecified atom stereocenters. The molecule has 0 amide bonds. The number of aryl methyl sites for hydroxylation is 2. The van der Waals surface area contributed by atoms with Crippen LogP contribution in [0.5, 0.6) is 0 Å². The molecule has 6 rings (SSSR count). The van der Waals surface area contributed by atoms with Gasteiger partial charge in [-0.25, -0.2) is 4.68 Å². The summed E-state index contributed by atoms with van der Waals surface area (Å²) in [6, 6.07) is 13.6. The summed E-state index contributed by atoms with van der Waals surface area (Å²) in [6.07, 6.45) is 7.31. The Kier molecular flexibility index (Phi) is 6.54. The molecule has 0 aliphatic carbocycles. The Balaban J connectivity index is 1.32. The number of fused-ring (bicyclic) bond motifs is 2. The number of nitrogens with zero attached hydrogens (tertiary/aromatic N) is 8. The summed E-state index contributed by atoms with van der Waals surface area (Å²) in [5.41, 5.74) is 7.39. The Labute approximate surface area is 232 Å². The quantitative estimate of drug-likeness (QED) is 0.302. The van der Waals surface area contributed by atoms with Crippen LogP contribution in [0.25, 0.3) is 5.57 Å². The molecule has 0 aromatic carbocycles. The second-order valence-corrected chi connectivity index (χ2v) is 10.6. The van der Waals surface area contributed by atoms with E-state index in [0.717, 1.165) is 33.8 Å². The van der Waals surface area contributed by atoms with Gasteiger partial charge in [0.05, 0.1) is 35.4 Å². The lowest BCUT2D eigenvalue weighted by atomic mass is 9.86. The molecule has 11 heteroatoms. The monoisotopic (exact) mass is 540 g/mol. The van der Waals surface area contributed by atoms with E-state index in [1.807, 2.05) is 68.6 Å². The van der Waals surface area contributed by atoms with Crippen molar-refractivity contribution >= 4 is 18.3 Å². The molecule has 0 radical (unpaired) electrons. The van der Waals surface area contributed by atoms with Gasteiger partial charge in [0.15, 0.2) is 5.70 Å². The minimum atomic E-state index is -4.00. The predicted octanol–water partition coefficient (Wildman–Crippen LogP) is 4.77. The van der Waals surface area contributed by atoms with Crippen molar-refractivity contribution in [2.45, 2.75) is 53.9 Å². The molecule has 4 aromatic rings. The standard InChI is InChI=1S/C29H31BF2N8/c1-20-13-22(3)39-28(20)27(29-21(2)14-23(4)40(29)30(39,31)32)19-38-18-26(35-36-38)17-37(15-24-9-5-7-11-33-24)16-25-10-6-8-12-34-25/h5-14,18H,15-17,19H2,1-4H3. The minimum absolute atomic E-state index is 0.328. The highest BCUT2D eigenvalue weighted by Crippen LogP contribution is 2.41. The second kappa shape index (κ2) is 10.1. The van der Waals surface area contributed by atoms with E-state index in [1.54, 1.807) is 30.9 Å². The van der Waals surface area contributed by atoms with Crippen molar-refractivity contribution in [3.63, 3.8) is 0 Å². The van der Waals surface area contributed by atoms with Gasteiger partial charge in [-0.1, -0.05) is 17.3 Å². The Morgan fingerprint density at radius 1 is 0.900 bits per heavy atom. The third-order valence-electron chi connectivity index (χ3n) is 7.55. The summed E-state index contributed by atoms with van der Waals surface area (Å²) in [4.78, 5) is 11.2. The fourth-order valence-corrected chi connectivity index (χ4v) is 6.07.